The lowest BCUT2D eigenvalue weighted by Gasteiger charge is -2.07. The van der Waals surface area contributed by atoms with Gasteiger partial charge in [-0.25, -0.2) is 13.2 Å². The van der Waals surface area contributed by atoms with E-state index in [9.17, 15) is 18.0 Å². The highest BCUT2D eigenvalue weighted by Gasteiger charge is 2.14. The molecule has 0 spiro atoms. The average Bonchev–Trinajstić information content (AvgIpc) is 2.58. The Morgan fingerprint density at radius 3 is 2.16 bits per heavy atom. The number of hydrogen-bond donors (Lipinski definition) is 0. The maximum atomic E-state index is 12.1. The number of ketones is 1. The SMILES string of the molecule is COc1ccc(C(=O)COC(=O)c2ccc(S(C)(=O)=O)cc2)cc1Br. The standard InChI is InChI=1S/C17H15BrO6S/c1-23-16-8-5-12(9-14(16)18)15(19)10-24-17(20)11-3-6-13(7-4-11)25(2,21)22/h3-9H,10H2,1-2H3. The van der Waals surface area contributed by atoms with E-state index in [0.29, 0.717) is 15.8 Å². The van der Waals surface area contributed by atoms with Crippen molar-refractivity contribution in [3.63, 3.8) is 0 Å². The van der Waals surface area contributed by atoms with Gasteiger partial charge < -0.3 is 9.47 Å². The topological polar surface area (TPSA) is 86.7 Å². The zero-order valence-corrected chi connectivity index (χ0v) is 15.9. The number of hydrogen-bond acceptors (Lipinski definition) is 6. The molecule has 6 nitrogen and oxygen atoms in total. The van der Waals surface area contributed by atoms with E-state index in [1.807, 2.05) is 0 Å². The Labute approximate surface area is 153 Å². The first-order valence-electron chi connectivity index (χ1n) is 7.06. The van der Waals surface area contributed by atoms with Crippen molar-refractivity contribution >= 4 is 37.5 Å². The molecule has 8 heteroatoms. The molecular weight excluding hydrogens is 412 g/mol. The fraction of sp³-hybridized carbons (Fsp3) is 0.176. The summed E-state index contributed by atoms with van der Waals surface area (Å²) < 4.78 is 33.5. The first kappa shape index (κ1) is 19.1. The lowest BCUT2D eigenvalue weighted by Crippen LogP contribution is -2.14. The molecule has 132 valence electrons. The van der Waals surface area contributed by atoms with Crippen molar-refractivity contribution in [1.29, 1.82) is 0 Å². The molecule has 0 aliphatic rings. The van der Waals surface area contributed by atoms with Gasteiger partial charge in [0.05, 0.1) is 22.0 Å². The number of carbonyl (C=O) groups excluding carboxylic acids is 2. The molecule has 2 rings (SSSR count). The maximum Gasteiger partial charge on any atom is 0.338 e. The summed E-state index contributed by atoms with van der Waals surface area (Å²) in [5.41, 5.74) is 0.531. The molecule has 0 aliphatic carbocycles. The number of rotatable bonds is 6. The van der Waals surface area contributed by atoms with Gasteiger partial charge in [0, 0.05) is 11.8 Å². The molecule has 0 saturated heterocycles. The average molecular weight is 427 g/mol. The van der Waals surface area contributed by atoms with E-state index in [0.717, 1.165) is 6.26 Å². The van der Waals surface area contributed by atoms with Gasteiger partial charge in [-0.3, -0.25) is 4.79 Å². The van der Waals surface area contributed by atoms with E-state index in [2.05, 4.69) is 15.9 Å². The number of ether oxygens (including phenoxy) is 2. The van der Waals surface area contributed by atoms with Crippen LogP contribution in [0.1, 0.15) is 20.7 Å². The molecule has 0 saturated carbocycles. The number of benzene rings is 2. The van der Waals surface area contributed by atoms with Gasteiger partial charge >= 0.3 is 5.97 Å². The first-order valence-corrected chi connectivity index (χ1v) is 9.75. The van der Waals surface area contributed by atoms with E-state index in [1.54, 1.807) is 18.2 Å². The van der Waals surface area contributed by atoms with Crippen LogP contribution >= 0.6 is 15.9 Å². The summed E-state index contributed by atoms with van der Waals surface area (Å²) in [5, 5.41) is 0. The van der Waals surface area contributed by atoms with E-state index in [4.69, 9.17) is 9.47 Å². The molecule has 0 atom stereocenters. The highest BCUT2D eigenvalue weighted by atomic mass is 79.9. The highest BCUT2D eigenvalue weighted by molar-refractivity contribution is 9.10. The Morgan fingerprint density at radius 2 is 1.64 bits per heavy atom. The zero-order valence-electron chi connectivity index (χ0n) is 13.5. The quantitative estimate of drug-likeness (QED) is 0.521. The van der Waals surface area contributed by atoms with Crippen molar-refractivity contribution in [3.8, 4) is 5.75 Å². The molecule has 0 bridgehead atoms. The summed E-state index contributed by atoms with van der Waals surface area (Å²) >= 11 is 3.28. The molecule has 0 unspecified atom stereocenters. The predicted octanol–water partition coefficient (Wildman–Crippen LogP) is 2.90. The van der Waals surface area contributed by atoms with Crippen LogP contribution < -0.4 is 4.74 Å². The molecule has 2 aromatic rings. The third-order valence-electron chi connectivity index (χ3n) is 3.33. The Balaban J connectivity index is 2.02. The van der Waals surface area contributed by atoms with Crippen molar-refractivity contribution in [1.82, 2.24) is 0 Å². The second-order valence-corrected chi connectivity index (χ2v) is 8.02. The molecular formula is C17H15BrO6S. The van der Waals surface area contributed by atoms with Gasteiger partial charge in [0.1, 0.15) is 5.75 Å². The Morgan fingerprint density at radius 1 is 1.04 bits per heavy atom. The number of esters is 1. The summed E-state index contributed by atoms with van der Waals surface area (Å²) in [6.45, 7) is -0.425. The normalized spacial score (nSPS) is 11.0. The largest absolute Gasteiger partial charge is 0.496 e. The van der Waals surface area contributed by atoms with Gasteiger partial charge in [-0.15, -0.1) is 0 Å². The van der Waals surface area contributed by atoms with Crippen molar-refractivity contribution in [2.24, 2.45) is 0 Å². The third kappa shape index (κ3) is 4.90. The Kier molecular flexibility index (Phi) is 5.97. The Bertz CT molecular complexity index is 903. The fourth-order valence-electron chi connectivity index (χ4n) is 1.98. The molecule has 25 heavy (non-hydrogen) atoms. The predicted molar refractivity (Wildman–Crippen MR) is 94.9 cm³/mol. The lowest BCUT2D eigenvalue weighted by molar-refractivity contribution is 0.0474. The maximum absolute atomic E-state index is 12.1. The summed E-state index contributed by atoms with van der Waals surface area (Å²) in [4.78, 5) is 24.2. The van der Waals surface area contributed by atoms with Crippen LogP contribution in [0, 0.1) is 0 Å². The second-order valence-electron chi connectivity index (χ2n) is 5.15. The molecule has 0 radical (unpaired) electrons. The second kappa shape index (κ2) is 7.79. The van der Waals surface area contributed by atoms with E-state index < -0.39 is 22.4 Å². The van der Waals surface area contributed by atoms with Crippen LogP contribution in [0.15, 0.2) is 51.8 Å². The van der Waals surface area contributed by atoms with Crippen LogP contribution in [-0.2, 0) is 14.6 Å². The summed E-state index contributed by atoms with van der Waals surface area (Å²) in [5.74, 6) is -0.495. The van der Waals surface area contributed by atoms with Crippen LogP contribution in [0.2, 0.25) is 0 Å². The summed E-state index contributed by atoms with van der Waals surface area (Å²) in [6.07, 6.45) is 1.08. The summed E-state index contributed by atoms with van der Waals surface area (Å²) in [7, 11) is -1.83. The first-order chi connectivity index (χ1) is 11.7. The Hall–Kier alpha value is -2.19. The number of halogens is 1. The van der Waals surface area contributed by atoms with Crippen LogP contribution in [0.5, 0.6) is 5.75 Å². The highest BCUT2D eigenvalue weighted by Crippen LogP contribution is 2.25. The zero-order chi connectivity index (χ0) is 18.6. The van der Waals surface area contributed by atoms with Gasteiger partial charge in [-0.05, 0) is 58.4 Å². The number of Topliss-reactive ketones (excluding diaryl/α,β-unsaturated/α-hetero) is 1. The van der Waals surface area contributed by atoms with E-state index in [1.165, 1.54) is 31.4 Å². The van der Waals surface area contributed by atoms with Gasteiger partial charge in [0.15, 0.2) is 22.2 Å². The minimum absolute atomic E-state index is 0.100. The number of carbonyl (C=O) groups is 2. The molecule has 0 heterocycles. The van der Waals surface area contributed by atoms with Crippen molar-refractivity contribution < 1.29 is 27.5 Å². The van der Waals surface area contributed by atoms with Crippen LogP contribution in [0.3, 0.4) is 0 Å². The van der Waals surface area contributed by atoms with E-state index in [-0.39, 0.29) is 16.2 Å². The third-order valence-corrected chi connectivity index (χ3v) is 5.07. The minimum atomic E-state index is -3.34. The van der Waals surface area contributed by atoms with Gasteiger partial charge in [0.25, 0.3) is 0 Å². The number of methoxy groups -OCH3 is 1. The van der Waals surface area contributed by atoms with Gasteiger partial charge in [-0.2, -0.15) is 0 Å². The molecule has 0 fully saturated rings. The number of sulfone groups is 1. The molecule has 0 aromatic heterocycles. The van der Waals surface area contributed by atoms with Crippen molar-refractivity contribution in [3.05, 3.63) is 58.1 Å². The summed E-state index contributed by atoms with van der Waals surface area (Å²) in [6, 6.07) is 10.1. The van der Waals surface area contributed by atoms with Crippen LogP contribution in [-0.4, -0.2) is 40.1 Å². The van der Waals surface area contributed by atoms with Crippen LogP contribution in [0.25, 0.3) is 0 Å². The van der Waals surface area contributed by atoms with Gasteiger partial charge in [-0.1, -0.05) is 0 Å². The van der Waals surface area contributed by atoms with E-state index >= 15 is 0 Å². The van der Waals surface area contributed by atoms with Gasteiger partial charge in [0.2, 0.25) is 0 Å². The fourth-order valence-corrected chi connectivity index (χ4v) is 3.15. The molecule has 0 N–H and O–H groups in total. The smallest absolute Gasteiger partial charge is 0.338 e. The molecule has 0 amide bonds. The van der Waals surface area contributed by atoms with Crippen molar-refractivity contribution in [2.75, 3.05) is 20.0 Å². The molecule has 0 aliphatic heterocycles. The lowest BCUT2D eigenvalue weighted by atomic mass is 10.1. The van der Waals surface area contributed by atoms with Crippen molar-refractivity contribution in [2.45, 2.75) is 4.90 Å². The molecule has 2 aromatic carbocycles. The van der Waals surface area contributed by atoms with Crippen LogP contribution in [0.4, 0.5) is 0 Å². The minimum Gasteiger partial charge on any atom is -0.496 e. The monoisotopic (exact) mass is 426 g/mol.